The fourth-order valence-corrected chi connectivity index (χ4v) is 5.38. The summed E-state index contributed by atoms with van der Waals surface area (Å²) < 4.78 is 42.1. The minimum Gasteiger partial charge on any atom is -0.384 e. The van der Waals surface area contributed by atoms with E-state index in [0.29, 0.717) is 23.5 Å². The average Bonchev–Trinajstić information content (AvgIpc) is 3.29. The predicted molar refractivity (Wildman–Crippen MR) is 149 cm³/mol. The van der Waals surface area contributed by atoms with Crippen molar-refractivity contribution in [3.63, 3.8) is 0 Å². The van der Waals surface area contributed by atoms with Gasteiger partial charge in [0, 0.05) is 30.4 Å². The highest BCUT2D eigenvalue weighted by atomic mass is 19.1. The van der Waals surface area contributed by atoms with Gasteiger partial charge < -0.3 is 5.73 Å². The van der Waals surface area contributed by atoms with E-state index >= 15 is 0 Å². The summed E-state index contributed by atoms with van der Waals surface area (Å²) in [5, 5.41) is 0. The third-order valence-corrected chi connectivity index (χ3v) is 7.23. The molecule has 2 N–H and O–H groups in total. The Morgan fingerprint density at radius 1 is 0.897 bits per heavy atom. The molecule has 0 radical (unpaired) electrons. The molecule has 39 heavy (non-hydrogen) atoms. The van der Waals surface area contributed by atoms with Gasteiger partial charge in [0.1, 0.15) is 29.1 Å². The topological polar surface area (TPSA) is 56.0 Å². The van der Waals surface area contributed by atoms with Crippen molar-refractivity contribution in [3.8, 4) is 11.1 Å². The van der Waals surface area contributed by atoms with Crippen molar-refractivity contribution < 1.29 is 18.0 Å². The lowest BCUT2D eigenvalue weighted by atomic mass is 9.85. The Morgan fingerprint density at radius 2 is 1.69 bits per heavy atom. The second kappa shape index (κ2) is 11.3. The standard InChI is InChI=1S/C33H29F3N2O/c1-2-20-4-3-5-23(12-20)30-10-11-32(37)38-33(30)25(13-21-14-27(35)18-28(36)15-21)17-29(39)16-24-7-6-22-8-9-26(34)19-31(22)24/h3-5,7-12,14-15,18-19,25H,2,6,13,16-17H2,1H3,(H2,37,38). The van der Waals surface area contributed by atoms with Crippen LogP contribution < -0.4 is 5.73 Å². The van der Waals surface area contributed by atoms with Crippen molar-refractivity contribution in [1.29, 1.82) is 0 Å². The van der Waals surface area contributed by atoms with Gasteiger partial charge in [0.05, 0.1) is 5.69 Å². The Morgan fingerprint density at radius 3 is 2.46 bits per heavy atom. The Bertz CT molecular complexity index is 1560. The molecule has 5 rings (SSSR count). The molecule has 1 atom stereocenters. The zero-order valence-electron chi connectivity index (χ0n) is 21.7. The number of nitrogens with zero attached hydrogens (tertiary/aromatic N) is 1. The maximum absolute atomic E-state index is 14.1. The molecule has 1 unspecified atom stereocenters. The summed E-state index contributed by atoms with van der Waals surface area (Å²) >= 11 is 0. The number of nitrogens with two attached hydrogens (primary N) is 1. The first kappa shape index (κ1) is 26.4. The molecule has 0 saturated carbocycles. The first-order valence-electron chi connectivity index (χ1n) is 13.1. The minimum atomic E-state index is -0.679. The van der Waals surface area contributed by atoms with Crippen LogP contribution in [-0.2, 0) is 24.1 Å². The second-order valence-corrected chi connectivity index (χ2v) is 10.1. The molecule has 0 fully saturated rings. The molecule has 198 valence electrons. The van der Waals surface area contributed by atoms with E-state index in [9.17, 15) is 18.0 Å². The van der Waals surface area contributed by atoms with Crippen LogP contribution in [0.2, 0.25) is 0 Å². The highest BCUT2D eigenvalue weighted by Gasteiger charge is 2.25. The summed E-state index contributed by atoms with van der Waals surface area (Å²) in [6, 6.07) is 19.7. The quantitative estimate of drug-likeness (QED) is 0.244. The van der Waals surface area contributed by atoms with Crippen molar-refractivity contribution in [2.45, 2.75) is 44.9 Å². The first-order chi connectivity index (χ1) is 18.8. The maximum Gasteiger partial charge on any atom is 0.137 e. The number of rotatable bonds is 9. The number of anilines is 1. The summed E-state index contributed by atoms with van der Waals surface area (Å²) in [7, 11) is 0. The van der Waals surface area contributed by atoms with Crippen molar-refractivity contribution in [2.75, 3.05) is 5.73 Å². The van der Waals surface area contributed by atoms with E-state index in [2.05, 4.69) is 18.0 Å². The van der Waals surface area contributed by atoms with Gasteiger partial charge in [-0.2, -0.15) is 0 Å². The average molecular weight is 527 g/mol. The van der Waals surface area contributed by atoms with Gasteiger partial charge in [-0.25, -0.2) is 18.2 Å². The number of fused-ring (bicyclic) bond motifs is 1. The van der Waals surface area contributed by atoms with E-state index in [4.69, 9.17) is 5.73 Å². The summed E-state index contributed by atoms with van der Waals surface area (Å²) in [5.41, 5.74) is 12.6. The molecule has 1 aliphatic rings. The number of pyridine rings is 1. The Balaban J connectivity index is 1.51. The van der Waals surface area contributed by atoms with Crippen molar-refractivity contribution >= 4 is 17.2 Å². The molecule has 1 heterocycles. The van der Waals surface area contributed by atoms with E-state index in [0.717, 1.165) is 45.9 Å². The van der Waals surface area contributed by atoms with Crippen molar-refractivity contribution in [2.24, 2.45) is 0 Å². The van der Waals surface area contributed by atoms with E-state index in [1.165, 1.54) is 24.3 Å². The molecular formula is C33H29F3N2O. The van der Waals surface area contributed by atoms with Gasteiger partial charge in [0.25, 0.3) is 0 Å². The van der Waals surface area contributed by atoms with Crippen LogP contribution in [-0.4, -0.2) is 10.8 Å². The number of aromatic nitrogens is 1. The van der Waals surface area contributed by atoms with Crippen molar-refractivity contribution in [3.05, 3.63) is 124 Å². The number of hydrogen-bond donors (Lipinski definition) is 1. The van der Waals surface area contributed by atoms with Crippen LogP contribution in [0.25, 0.3) is 16.7 Å². The molecule has 3 aromatic carbocycles. The number of hydrogen-bond acceptors (Lipinski definition) is 3. The monoisotopic (exact) mass is 526 g/mol. The van der Waals surface area contributed by atoms with Gasteiger partial charge in [-0.3, -0.25) is 4.79 Å². The van der Waals surface area contributed by atoms with Gasteiger partial charge in [-0.15, -0.1) is 0 Å². The van der Waals surface area contributed by atoms with E-state index in [1.54, 1.807) is 12.1 Å². The van der Waals surface area contributed by atoms with Crippen LogP contribution in [0.1, 0.15) is 53.6 Å². The molecule has 3 nitrogen and oxygen atoms in total. The molecule has 0 bridgehead atoms. The highest BCUT2D eigenvalue weighted by molar-refractivity contribution is 5.92. The van der Waals surface area contributed by atoms with E-state index in [-0.39, 0.29) is 30.9 Å². The molecule has 1 aromatic heterocycles. The number of benzene rings is 3. The number of nitrogen functional groups attached to an aromatic ring is 1. The number of aryl methyl sites for hydroxylation is 1. The number of halogens is 3. The highest BCUT2D eigenvalue weighted by Crippen LogP contribution is 2.36. The Labute approximate surface area is 226 Å². The molecule has 0 saturated heterocycles. The molecule has 1 aliphatic carbocycles. The number of carbonyl (C=O) groups is 1. The van der Waals surface area contributed by atoms with Crippen LogP contribution >= 0.6 is 0 Å². The largest absolute Gasteiger partial charge is 0.384 e. The molecule has 0 spiro atoms. The third kappa shape index (κ3) is 6.11. The fraction of sp³-hybridized carbons (Fsp3) is 0.212. The summed E-state index contributed by atoms with van der Waals surface area (Å²) in [6.07, 6.45) is 3.87. The third-order valence-electron chi connectivity index (χ3n) is 7.23. The summed E-state index contributed by atoms with van der Waals surface area (Å²) in [4.78, 5) is 18.1. The fourth-order valence-electron chi connectivity index (χ4n) is 5.38. The summed E-state index contributed by atoms with van der Waals surface area (Å²) in [6.45, 7) is 2.07. The van der Waals surface area contributed by atoms with Gasteiger partial charge in [-0.05, 0) is 89.1 Å². The van der Waals surface area contributed by atoms with E-state index < -0.39 is 17.6 Å². The van der Waals surface area contributed by atoms with Crippen molar-refractivity contribution in [1.82, 2.24) is 4.98 Å². The zero-order chi connectivity index (χ0) is 27.5. The molecule has 0 aliphatic heterocycles. The normalized spacial score (nSPS) is 13.2. The molecule has 0 amide bonds. The lowest BCUT2D eigenvalue weighted by molar-refractivity contribution is -0.118. The smallest absolute Gasteiger partial charge is 0.137 e. The second-order valence-electron chi connectivity index (χ2n) is 10.1. The van der Waals surface area contributed by atoms with Gasteiger partial charge in [0.2, 0.25) is 0 Å². The first-order valence-corrected chi connectivity index (χ1v) is 13.1. The lowest BCUT2D eigenvalue weighted by Crippen LogP contribution is -2.14. The SMILES string of the molecule is CCc1cccc(-c2ccc(N)nc2C(CC(=O)CC2=CCc3ccc(F)cc32)Cc2cc(F)cc(F)c2)c1. The molecule has 6 heteroatoms. The Kier molecular flexibility index (Phi) is 7.64. The summed E-state index contributed by atoms with van der Waals surface area (Å²) in [5.74, 6) is -1.97. The Hall–Kier alpha value is -4.19. The van der Waals surface area contributed by atoms with Crippen LogP contribution in [0, 0.1) is 17.5 Å². The minimum absolute atomic E-state index is 0.0716. The number of allylic oxidation sites excluding steroid dienone is 2. The van der Waals surface area contributed by atoms with Crippen LogP contribution in [0.4, 0.5) is 19.0 Å². The van der Waals surface area contributed by atoms with Gasteiger partial charge in [0.15, 0.2) is 0 Å². The number of carbonyl (C=O) groups excluding carboxylic acids is 1. The van der Waals surface area contributed by atoms with Crippen LogP contribution in [0.3, 0.4) is 0 Å². The predicted octanol–water partition coefficient (Wildman–Crippen LogP) is 7.63. The van der Waals surface area contributed by atoms with E-state index in [1.807, 2.05) is 30.3 Å². The van der Waals surface area contributed by atoms with Gasteiger partial charge >= 0.3 is 0 Å². The number of ketones is 1. The van der Waals surface area contributed by atoms with Gasteiger partial charge in [-0.1, -0.05) is 43.3 Å². The van der Waals surface area contributed by atoms with Crippen LogP contribution in [0.5, 0.6) is 0 Å². The molecule has 4 aromatic rings. The van der Waals surface area contributed by atoms with Crippen LogP contribution in [0.15, 0.2) is 78.9 Å². The zero-order valence-corrected chi connectivity index (χ0v) is 21.7. The lowest BCUT2D eigenvalue weighted by Gasteiger charge is -2.21. The maximum atomic E-state index is 14.1. The molecular weight excluding hydrogens is 497 g/mol. The number of Topliss-reactive ketones (excluding diaryl/α,β-unsaturated/α-hetero) is 1.